The lowest BCUT2D eigenvalue weighted by atomic mass is 10.2. The standard InChI is InChI=1S/C21H19Cl2FN2O/c22-20(23)21(27)26(14-16-5-2-1-3-6-16)15-19-7-4-12-25(19)13-17-8-10-18(24)11-9-17/h1-12,20H,13-15H2. The van der Waals surface area contributed by atoms with Crippen LogP contribution in [-0.2, 0) is 24.4 Å². The van der Waals surface area contributed by atoms with Crippen LogP contribution in [0.3, 0.4) is 0 Å². The highest BCUT2D eigenvalue weighted by Crippen LogP contribution is 2.17. The van der Waals surface area contributed by atoms with Crippen molar-refractivity contribution >= 4 is 29.1 Å². The molecule has 1 aromatic heterocycles. The van der Waals surface area contributed by atoms with Gasteiger partial charge in [0.05, 0.1) is 6.54 Å². The topological polar surface area (TPSA) is 25.2 Å². The van der Waals surface area contributed by atoms with Gasteiger partial charge in [0.1, 0.15) is 5.82 Å². The Bertz CT molecular complexity index is 879. The van der Waals surface area contributed by atoms with Crippen molar-refractivity contribution in [3.8, 4) is 0 Å². The average Bonchev–Trinajstić information content (AvgIpc) is 3.10. The lowest BCUT2D eigenvalue weighted by Gasteiger charge is -2.24. The summed E-state index contributed by atoms with van der Waals surface area (Å²) >= 11 is 11.7. The van der Waals surface area contributed by atoms with Crippen molar-refractivity contribution in [2.75, 3.05) is 0 Å². The Labute approximate surface area is 167 Å². The van der Waals surface area contributed by atoms with Crippen LogP contribution < -0.4 is 0 Å². The molecule has 0 saturated heterocycles. The Morgan fingerprint density at radius 2 is 1.63 bits per heavy atom. The molecule has 0 unspecified atom stereocenters. The number of benzene rings is 2. The molecule has 6 heteroatoms. The molecule has 1 heterocycles. The second-order valence-corrected chi connectivity index (χ2v) is 7.33. The quantitative estimate of drug-likeness (QED) is 0.508. The summed E-state index contributed by atoms with van der Waals surface area (Å²) in [6, 6.07) is 19.9. The number of aromatic nitrogens is 1. The zero-order valence-corrected chi connectivity index (χ0v) is 16.1. The molecule has 0 saturated carbocycles. The highest BCUT2D eigenvalue weighted by atomic mass is 35.5. The fraction of sp³-hybridized carbons (Fsp3) is 0.190. The molecule has 3 rings (SSSR count). The third kappa shape index (κ3) is 5.34. The summed E-state index contributed by atoms with van der Waals surface area (Å²) in [6.07, 6.45) is 1.93. The second-order valence-electron chi connectivity index (χ2n) is 6.23. The maximum Gasteiger partial charge on any atom is 0.256 e. The summed E-state index contributed by atoms with van der Waals surface area (Å²) in [5.41, 5.74) is 2.91. The third-order valence-corrected chi connectivity index (χ3v) is 4.63. The number of amides is 1. The van der Waals surface area contributed by atoms with E-state index in [1.807, 2.05) is 53.2 Å². The van der Waals surface area contributed by atoms with Crippen LogP contribution in [0.25, 0.3) is 0 Å². The van der Waals surface area contributed by atoms with E-state index >= 15 is 0 Å². The van der Waals surface area contributed by atoms with Crippen molar-refractivity contribution in [1.82, 2.24) is 9.47 Å². The Balaban J connectivity index is 1.78. The molecular weight excluding hydrogens is 386 g/mol. The average molecular weight is 405 g/mol. The van der Waals surface area contributed by atoms with Gasteiger partial charge in [0.2, 0.25) is 0 Å². The summed E-state index contributed by atoms with van der Waals surface area (Å²) in [5.74, 6) is -0.599. The van der Waals surface area contributed by atoms with Gasteiger partial charge in [-0.1, -0.05) is 65.7 Å². The maximum absolute atomic E-state index is 13.1. The van der Waals surface area contributed by atoms with Crippen molar-refractivity contribution < 1.29 is 9.18 Å². The normalized spacial score (nSPS) is 11.0. The smallest absolute Gasteiger partial charge is 0.256 e. The summed E-state index contributed by atoms with van der Waals surface area (Å²) in [7, 11) is 0. The summed E-state index contributed by atoms with van der Waals surface area (Å²) in [5, 5.41) is 0. The molecule has 3 nitrogen and oxygen atoms in total. The highest BCUT2D eigenvalue weighted by Gasteiger charge is 2.21. The summed E-state index contributed by atoms with van der Waals surface area (Å²) in [4.78, 5) is 13.0. The van der Waals surface area contributed by atoms with Crippen LogP contribution in [0.1, 0.15) is 16.8 Å². The first-order valence-corrected chi connectivity index (χ1v) is 9.39. The van der Waals surface area contributed by atoms with Crippen LogP contribution in [0, 0.1) is 5.82 Å². The van der Waals surface area contributed by atoms with Crippen molar-refractivity contribution in [1.29, 1.82) is 0 Å². The zero-order chi connectivity index (χ0) is 19.2. The fourth-order valence-corrected chi connectivity index (χ4v) is 3.16. The van der Waals surface area contributed by atoms with E-state index in [9.17, 15) is 9.18 Å². The molecule has 3 aromatic rings. The second kappa shape index (κ2) is 9.07. The Kier molecular flexibility index (Phi) is 6.54. The number of carbonyl (C=O) groups is 1. The van der Waals surface area contributed by atoms with Gasteiger partial charge in [-0.05, 0) is 35.4 Å². The number of alkyl halides is 2. The molecule has 2 aromatic carbocycles. The van der Waals surface area contributed by atoms with E-state index < -0.39 is 4.84 Å². The number of halogens is 3. The summed E-state index contributed by atoms with van der Waals surface area (Å²) in [6.45, 7) is 1.37. The van der Waals surface area contributed by atoms with Crippen molar-refractivity contribution in [3.63, 3.8) is 0 Å². The Morgan fingerprint density at radius 3 is 2.30 bits per heavy atom. The van der Waals surface area contributed by atoms with E-state index in [2.05, 4.69) is 0 Å². The van der Waals surface area contributed by atoms with Crippen LogP contribution in [0.4, 0.5) is 4.39 Å². The van der Waals surface area contributed by atoms with Gasteiger partial charge in [-0.25, -0.2) is 4.39 Å². The van der Waals surface area contributed by atoms with Crippen LogP contribution in [-0.4, -0.2) is 20.2 Å². The molecule has 0 N–H and O–H groups in total. The molecule has 0 aliphatic heterocycles. The summed E-state index contributed by atoms with van der Waals surface area (Å²) < 4.78 is 15.1. The number of carbonyl (C=O) groups excluding carboxylic acids is 1. The lowest BCUT2D eigenvalue weighted by molar-refractivity contribution is -0.130. The van der Waals surface area contributed by atoms with Crippen molar-refractivity contribution in [2.45, 2.75) is 24.5 Å². The first-order chi connectivity index (χ1) is 13.0. The van der Waals surface area contributed by atoms with Crippen LogP contribution in [0.2, 0.25) is 0 Å². The van der Waals surface area contributed by atoms with Gasteiger partial charge in [-0.2, -0.15) is 0 Å². The minimum absolute atomic E-state index is 0.263. The number of rotatable bonds is 7. The van der Waals surface area contributed by atoms with E-state index in [1.54, 1.807) is 17.0 Å². The van der Waals surface area contributed by atoms with E-state index in [0.29, 0.717) is 19.6 Å². The first-order valence-electron chi connectivity index (χ1n) is 8.52. The van der Waals surface area contributed by atoms with Gasteiger partial charge in [-0.3, -0.25) is 4.79 Å². The molecule has 0 aliphatic rings. The van der Waals surface area contributed by atoms with Gasteiger partial charge in [0, 0.05) is 25.0 Å². The molecule has 0 radical (unpaired) electrons. The molecular formula is C21H19Cl2FN2O. The number of hydrogen-bond acceptors (Lipinski definition) is 1. The van der Waals surface area contributed by atoms with E-state index in [4.69, 9.17) is 23.2 Å². The highest BCUT2D eigenvalue weighted by molar-refractivity contribution is 6.53. The molecule has 140 valence electrons. The minimum atomic E-state index is -1.12. The van der Waals surface area contributed by atoms with Crippen LogP contribution >= 0.6 is 23.2 Å². The number of nitrogens with zero attached hydrogens (tertiary/aromatic N) is 2. The Hall–Kier alpha value is -2.30. The van der Waals surface area contributed by atoms with Crippen LogP contribution in [0.5, 0.6) is 0 Å². The first kappa shape index (κ1) is 19.5. The lowest BCUT2D eigenvalue weighted by Crippen LogP contribution is -2.34. The largest absolute Gasteiger partial charge is 0.345 e. The SMILES string of the molecule is O=C(C(Cl)Cl)N(Cc1ccccc1)Cc1cccn1Cc1ccc(F)cc1. The molecule has 1 amide bonds. The third-order valence-electron chi connectivity index (χ3n) is 4.26. The molecule has 0 bridgehead atoms. The molecule has 27 heavy (non-hydrogen) atoms. The molecule has 0 aliphatic carbocycles. The molecule has 0 spiro atoms. The van der Waals surface area contributed by atoms with Gasteiger partial charge >= 0.3 is 0 Å². The van der Waals surface area contributed by atoms with Crippen molar-refractivity contribution in [2.24, 2.45) is 0 Å². The predicted octanol–water partition coefficient (Wildman–Crippen LogP) is 5.01. The van der Waals surface area contributed by atoms with Gasteiger partial charge in [0.15, 0.2) is 4.84 Å². The van der Waals surface area contributed by atoms with Crippen LogP contribution in [0.15, 0.2) is 72.9 Å². The van der Waals surface area contributed by atoms with Gasteiger partial charge in [0.25, 0.3) is 5.91 Å². The monoisotopic (exact) mass is 404 g/mol. The molecule has 0 fully saturated rings. The van der Waals surface area contributed by atoms with Crippen molar-refractivity contribution in [3.05, 3.63) is 95.6 Å². The van der Waals surface area contributed by atoms with E-state index in [1.165, 1.54) is 12.1 Å². The van der Waals surface area contributed by atoms with Gasteiger partial charge < -0.3 is 9.47 Å². The van der Waals surface area contributed by atoms with E-state index in [0.717, 1.165) is 16.8 Å². The zero-order valence-electron chi connectivity index (χ0n) is 14.6. The maximum atomic E-state index is 13.1. The molecule has 0 atom stereocenters. The minimum Gasteiger partial charge on any atom is -0.345 e. The predicted molar refractivity (Wildman–Crippen MR) is 106 cm³/mol. The Morgan fingerprint density at radius 1 is 0.926 bits per heavy atom. The van der Waals surface area contributed by atoms with Gasteiger partial charge in [-0.15, -0.1) is 0 Å². The number of hydrogen-bond donors (Lipinski definition) is 0. The van der Waals surface area contributed by atoms with E-state index in [-0.39, 0.29) is 11.7 Å². The fourth-order valence-electron chi connectivity index (χ4n) is 2.88.